The first-order valence-electron chi connectivity index (χ1n) is 10.5. The first kappa shape index (κ1) is 18.5. The van der Waals surface area contributed by atoms with Gasteiger partial charge in [-0.1, -0.05) is 99.0 Å². The minimum atomic E-state index is 1.20. The molecule has 4 aromatic carbocycles. The Morgan fingerprint density at radius 1 is 0.571 bits per heavy atom. The van der Waals surface area contributed by atoms with Crippen molar-refractivity contribution >= 4 is 33.7 Å². The summed E-state index contributed by atoms with van der Waals surface area (Å²) in [6, 6.07) is 28.9. The maximum Gasteiger partial charge on any atom is -0.0172 e. The second-order valence-corrected chi connectivity index (χ2v) is 7.69. The molecule has 0 aliphatic carbocycles. The van der Waals surface area contributed by atoms with Crippen LogP contribution in [-0.2, 0) is 6.42 Å². The van der Waals surface area contributed by atoms with Crippen LogP contribution in [0.5, 0.6) is 0 Å². The van der Waals surface area contributed by atoms with E-state index in [0.29, 0.717) is 0 Å². The van der Waals surface area contributed by atoms with Gasteiger partial charge < -0.3 is 0 Å². The van der Waals surface area contributed by atoms with E-state index in [1.54, 1.807) is 0 Å². The van der Waals surface area contributed by atoms with E-state index < -0.39 is 0 Å². The number of benzene rings is 4. The smallest absolute Gasteiger partial charge is 0.0172 e. The topological polar surface area (TPSA) is 0 Å². The molecule has 0 atom stereocenters. The summed E-state index contributed by atoms with van der Waals surface area (Å²) in [5.74, 6) is 0. The van der Waals surface area contributed by atoms with Crippen LogP contribution in [-0.4, -0.2) is 0 Å². The van der Waals surface area contributed by atoms with Crippen LogP contribution in [0.3, 0.4) is 0 Å². The van der Waals surface area contributed by atoms with E-state index in [0.717, 1.165) is 0 Å². The SMILES string of the molecule is CCCCCCc1ccc(/C=C/c2ccc3cc4ccccc4cc3c2)cc1. The Morgan fingerprint density at radius 2 is 1.21 bits per heavy atom. The zero-order valence-electron chi connectivity index (χ0n) is 16.7. The molecule has 0 aromatic heterocycles. The van der Waals surface area contributed by atoms with Gasteiger partial charge in [0.15, 0.2) is 0 Å². The molecule has 0 amide bonds. The van der Waals surface area contributed by atoms with Crippen LogP contribution in [0.25, 0.3) is 33.7 Å². The van der Waals surface area contributed by atoms with Crippen LogP contribution in [0.2, 0.25) is 0 Å². The van der Waals surface area contributed by atoms with Gasteiger partial charge >= 0.3 is 0 Å². The minimum absolute atomic E-state index is 1.20. The molecule has 0 saturated heterocycles. The van der Waals surface area contributed by atoms with E-state index in [-0.39, 0.29) is 0 Å². The molecule has 4 aromatic rings. The van der Waals surface area contributed by atoms with Gasteiger partial charge in [-0.05, 0) is 69.3 Å². The second kappa shape index (κ2) is 8.89. The molecule has 4 rings (SSSR count). The Hall–Kier alpha value is -2.86. The standard InChI is InChI=1S/C28H28/c1-2-3-4-5-8-22-11-13-23(14-12-22)15-16-24-17-18-27-20-25-9-6-7-10-26(25)21-28(27)19-24/h6-7,9-21H,2-5,8H2,1H3/b16-15+. The molecule has 0 spiro atoms. The van der Waals surface area contributed by atoms with Crippen LogP contribution in [0.15, 0.2) is 78.9 Å². The van der Waals surface area contributed by atoms with Crippen LogP contribution in [0, 0.1) is 0 Å². The van der Waals surface area contributed by atoms with Crippen LogP contribution >= 0.6 is 0 Å². The lowest BCUT2D eigenvalue weighted by Crippen LogP contribution is -1.86. The normalized spacial score (nSPS) is 11.6. The predicted octanol–water partition coefficient (Wildman–Crippen LogP) is 8.29. The van der Waals surface area contributed by atoms with E-state index in [2.05, 4.69) is 97.9 Å². The lowest BCUT2D eigenvalue weighted by Gasteiger charge is -2.04. The quantitative estimate of drug-likeness (QED) is 0.176. The third kappa shape index (κ3) is 4.51. The van der Waals surface area contributed by atoms with E-state index in [9.17, 15) is 0 Å². The molecule has 0 aliphatic rings. The molecule has 0 N–H and O–H groups in total. The molecular weight excluding hydrogens is 336 g/mol. The molecule has 0 aliphatic heterocycles. The van der Waals surface area contributed by atoms with Crippen molar-refractivity contribution in [2.75, 3.05) is 0 Å². The van der Waals surface area contributed by atoms with Crippen LogP contribution in [0.4, 0.5) is 0 Å². The molecule has 0 saturated carbocycles. The molecule has 140 valence electrons. The van der Waals surface area contributed by atoms with Crippen molar-refractivity contribution in [2.24, 2.45) is 0 Å². The first-order valence-corrected chi connectivity index (χ1v) is 10.5. The van der Waals surface area contributed by atoms with Gasteiger partial charge in [0.1, 0.15) is 0 Å². The monoisotopic (exact) mass is 364 g/mol. The van der Waals surface area contributed by atoms with Gasteiger partial charge in [-0.15, -0.1) is 0 Å². The zero-order chi connectivity index (χ0) is 19.2. The summed E-state index contributed by atoms with van der Waals surface area (Å²) in [5, 5.41) is 5.19. The van der Waals surface area contributed by atoms with E-state index in [1.807, 2.05) is 0 Å². The van der Waals surface area contributed by atoms with Gasteiger partial charge in [0.05, 0.1) is 0 Å². The van der Waals surface area contributed by atoms with Crippen molar-refractivity contribution < 1.29 is 0 Å². The minimum Gasteiger partial charge on any atom is -0.0654 e. The Bertz CT molecular complexity index is 1080. The Balaban J connectivity index is 1.47. The van der Waals surface area contributed by atoms with E-state index in [4.69, 9.17) is 0 Å². The molecule has 0 unspecified atom stereocenters. The highest BCUT2D eigenvalue weighted by Gasteiger charge is 1.99. The summed E-state index contributed by atoms with van der Waals surface area (Å²) in [5.41, 5.74) is 3.95. The molecule has 0 bridgehead atoms. The highest BCUT2D eigenvalue weighted by Crippen LogP contribution is 2.24. The van der Waals surface area contributed by atoms with Crippen molar-refractivity contribution in [3.8, 4) is 0 Å². The molecule has 0 heterocycles. The van der Waals surface area contributed by atoms with Crippen molar-refractivity contribution in [1.29, 1.82) is 0 Å². The third-order valence-electron chi connectivity index (χ3n) is 5.50. The predicted molar refractivity (Wildman–Crippen MR) is 125 cm³/mol. The van der Waals surface area contributed by atoms with Gasteiger partial charge in [0, 0.05) is 0 Å². The Labute approximate surface area is 168 Å². The maximum absolute atomic E-state index is 2.29. The highest BCUT2D eigenvalue weighted by atomic mass is 14.0. The molecule has 28 heavy (non-hydrogen) atoms. The molecule has 0 heteroatoms. The average Bonchev–Trinajstić information content (AvgIpc) is 2.74. The van der Waals surface area contributed by atoms with Crippen molar-refractivity contribution in [3.63, 3.8) is 0 Å². The van der Waals surface area contributed by atoms with E-state index >= 15 is 0 Å². The molecule has 0 fully saturated rings. The van der Waals surface area contributed by atoms with Crippen LogP contribution in [0.1, 0.15) is 49.3 Å². The zero-order valence-corrected chi connectivity index (χ0v) is 16.7. The number of unbranched alkanes of at least 4 members (excludes halogenated alkanes) is 3. The van der Waals surface area contributed by atoms with E-state index in [1.165, 1.54) is 70.3 Å². The largest absolute Gasteiger partial charge is 0.0654 e. The summed E-state index contributed by atoms with van der Waals surface area (Å²) in [7, 11) is 0. The summed E-state index contributed by atoms with van der Waals surface area (Å²) < 4.78 is 0. The third-order valence-corrected chi connectivity index (χ3v) is 5.50. The second-order valence-electron chi connectivity index (χ2n) is 7.69. The summed E-state index contributed by atoms with van der Waals surface area (Å²) in [6.45, 7) is 2.26. The Morgan fingerprint density at radius 3 is 1.96 bits per heavy atom. The summed E-state index contributed by atoms with van der Waals surface area (Å²) >= 11 is 0. The maximum atomic E-state index is 2.29. The van der Waals surface area contributed by atoms with Gasteiger partial charge in [-0.2, -0.15) is 0 Å². The highest BCUT2D eigenvalue weighted by molar-refractivity contribution is 5.99. The first-order chi connectivity index (χ1) is 13.8. The number of rotatable bonds is 7. The van der Waals surface area contributed by atoms with Gasteiger partial charge in [-0.3, -0.25) is 0 Å². The molecule has 0 nitrogen and oxygen atoms in total. The number of hydrogen-bond donors (Lipinski definition) is 0. The van der Waals surface area contributed by atoms with Crippen molar-refractivity contribution in [3.05, 3.63) is 95.6 Å². The summed E-state index contributed by atoms with van der Waals surface area (Å²) in [6.07, 6.45) is 10.9. The fraction of sp³-hybridized carbons (Fsp3) is 0.214. The van der Waals surface area contributed by atoms with Crippen molar-refractivity contribution in [1.82, 2.24) is 0 Å². The fourth-order valence-corrected chi connectivity index (χ4v) is 3.81. The summed E-state index contributed by atoms with van der Waals surface area (Å²) in [4.78, 5) is 0. The van der Waals surface area contributed by atoms with Gasteiger partial charge in [-0.25, -0.2) is 0 Å². The molecule has 0 radical (unpaired) electrons. The lowest BCUT2D eigenvalue weighted by molar-refractivity contribution is 0.667. The molecular formula is C28H28. The number of hydrogen-bond acceptors (Lipinski definition) is 0. The van der Waals surface area contributed by atoms with Crippen molar-refractivity contribution in [2.45, 2.75) is 39.0 Å². The van der Waals surface area contributed by atoms with Gasteiger partial charge in [0.2, 0.25) is 0 Å². The fourth-order valence-electron chi connectivity index (χ4n) is 3.81. The van der Waals surface area contributed by atoms with Crippen LogP contribution < -0.4 is 0 Å². The van der Waals surface area contributed by atoms with Gasteiger partial charge in [0.25, 0.3) is 0 Å². The Kier molecular flexibility index (Phi) is 5.87. The number of fused-ring (bicyclic) bond motifs is 2. The average molecular weight is 365 g/mol. The number of aryl methyl sites for hydroxylation is 1. The lowest BCUT2D eigenvalue weighted by atomic mass is 10.0.